The van der Waals surface area contributed by atoms with Gasteiger partial charge in [-0.1, -0.05) is 51.3 Å². The predicted octanol–water partition coefficient (Wildman–Crippen LogP) is 4.34. The van der Waals surface area contributed by atoms with E-state index in [1.54, 1.807) is 0 Å². The fourth-order valence-corrected chi connectivity index (χ4v) is 4.66. The normalized spacial score (nSPS) is 21.1. The lowest BCUT2D eigenvalue weighted by molar-refractivity contribution is 0.0626. The first-order valence-electron chi connectivity index (χ1n) is 10.9. The van der Waals surface area contributed by atoms with Gasteiger partial charge in [0.2, 0.25) is 0 Å². The average Bonchev–Trinajstić information content (AvgIpc) is 3.53. The molecule has 156 valence electrons. The number of aliphatic hydroxyl groups excluding tert-OH is 1. The Labute approximate surface area is 173 Å². The number of hydrogen-bond acceptors (Lipinski definition) is 4. The lowest BCUT2D eigenvalue weighted by Gasteiger charge is -2.26. The first-order valence-corrected chi connectivity index (χ1v) is 10.9. The monoisotopic (exact) mass is 396 g/mol. The molecule has 2 aliphatic heterocycles. The zero-order chi connectivity index (χ0) is 20.5. The van der Waals surface area contributed by atoms with Crippen molar-refractivity contribution in [3.8, 4) is 0 Å². The van der Waals surface area contributed by atoms with Crippen molar-refractivity contribution in [2.24, 2.45) is 5.92 Å². The van der Waals surface area contributed by atoms with Crippen LogP contribution in [0.4, 0.5) is 5.69 Å². The van der Waals surface area contributed by atoms with Gasteiger partial charge in [-0.05, 0) is 30.0 Å². The van der Waals surface area contributed by atoms with Gasteiger partial charge in [0.25, 0.3) is 5.91 Å². The first kappa shape index (κ1) is 20.2. The van der Waals surface area contributed by atoms with Crippen LogP contribution in [-0.4, -0.2) is 48.9 Å². The van der Waals surface area contributed by atoms with Crippen LogP contribution in [0.3, 0.4) is 0 Å². The number of anilines is 1. The molecule has 2 aromatic carbocycles. The van der Waals surface area contributed by atoms with Gasteiger partial charge in [-0.15, -0.1) is 0 Å². The summed E-state index contributed by atoms with van der Waals surface area (Å²) in [7, 11) is 1.97. The average molecular weight is 397 g/mol. The van der Waals surface area contributed by atoms with Gasteiger partial charge in [0, 0.05) is 42.2 Å². The number of unbranched alkanes of at least 4 members (excludes halogenated alkanes) is 1. The molecule has 0 aliphatic carbocycles. The molecule has 1 saturated heterocycles. The summed E-state index contributed by atoms with van der Waals surface area (Å²) >= 11 is 0. The molecular formula is C24H32N2O3. The third-order valence-electron chi connectivity index (χ3n) is 6.47. The van der Waals surface area contributed by atoms with Crippen molar-refractivity contribution in [3.05, 3.63) is 41.5 Å². The van der Waals surface area contributed by atoms with E-state index in [1.807, 2.05) is 29.0 Å². The minimum Gasteiger partial charge on any atom is -0.395 e. The number of rotatable bonds is 9. The summed E-state index contributed by atoms with van der Waals surface area (Å²) in [5.41, 5.74) is 2.92. The number of ether oxygens (including phenoxy) is 1. The van der Waals surface area contributed by atoms with Gasteiger partial charge in [0.15, 0.2) is 6.23 Å². The van der Waals surface area contributed by atoms with E-state index in [1.165, 1.54) is 12.8 Å². The van der Waals surface area contributed by atoms with Crippen LogP contribution < -0.4 is 4.90 Å². The zero-order valence-electron chi connectivity index (χ0n) is 17.7. The quantitative estimate of drug-likeness (QED) is 0.641. The van der Waals surface area contributed by atoms with E-state index < -0.39 is 0 Å². The van der Waals surface area contributed by atoms with Gasteiger partial charge < -0.3 is 19.6 Å². The molecule has 1 N–H and O–H groups in total. The van der Waals surface area contributed by atoms with Gasteiger partial charge in [0.05, 0.1) is 6.61 Å². The highest BCUT2D eigenvalue weighted by molar-refractivity contribution is 6.12. The Morgan fingerprint density at radius 2 is 2.07 bits per heavy atom. The second-order valence-electron chi connectivity index (χ2n) is 8.37. The third-order valence-corrected chi connectivity index (χ3v) is 6.47. The molecule has 29 heavy (non-hydrogen) atoms. The molecule has 3 atom stereocenters. The van der Waals surface area contributed by atoms with Crippen LogP contribution in [0.25, 0.3) is 10.8 Å². The maximum absolute atomic E-state index is 13.6. The summed E-state index contributed by atoms with van der Waals surface area (Å²) in [6.07, 6.45) is 4.43. The van der Waals surface area contributed by atoms with Crippen molar-refractivity contribution in [1.29, 1.82) is 0 Å². The minimum absolute atomic E-state index is 0.0361. The Morgan fingerprint density at radius 1 is 1.24 bits per heavy atom. The van der Waals surface area contributed by atoms with Gasteiger partial charge in [0.1, 0.15) is 6.10 Å². The number of hydrogen-bond donors (Lipinski definition) is 1. The molecule has 2 heterocycles. The Kier molecular flexibility index (Phi) is 5.79. The number of epoxide rings is 1. The standard InChI is InChI=1S/C24H32N2O3/c1-4-6-8-16(5-2)15-26-23(28)19-10-7-9-17-20(25(3)13-14-27)12-11-18(21(17)19)22-24(26)29-22/h7,9-12,16,22,24,27H,4-6,8,13-15H2,1-3H3. The Morgan fingerprint density at radius 3 is 2.79 bits per heavy atom. The van der Waals surface area contributed by atoms with Crippen LogP contribution in [-0.2, 0) is 4.74 Å². The van der Waals surface area contributed by atoms with Crippen molar-refractivity contribution in [3.63, 3.8) is 0 Å². The van der Waals surface area contributed by atoms with E-state index in [0.29, 0.717) is 12.5 Å². The molecule has 0 spiro atoms. The van der Waals surface area contributed by atoms with Crippen molar-refractivity contribution < 1.29 is 14.6 Å². The second kappa shape index (κ2) is 8.33. The van der Waals surface area contributed by atoms with Crippen molar-refractivity contribution >= 4 is 22.4 Å². The molecule has 2 aromatic rings. The second-order valence-corrected chi connectivity index (χ2v) is 8.37. The van der Waals surface area contributed by atoms with Crippen LogP contribution in [0.1, 0.15) is 61.6 Å². The van der Waals surface area contributed by atoms with E-state index in [2.05, 4.69) is 32.0 Å². The summed E-state index contributed by atoms with van der Waals surface area (Å²) in [6.45, 7) is 5.84. The smallest absolute Gasteiger partial charge is 0.256 e. The fraction of sp³-hybridized carbons (Fsp3) is 0.542. The number of aliphatic hydroxyl groups is 1. The number of nitrogens with zero attached hydrogens (tertiary/aromatic N) is 2. The lowest BCUT2D eigenvalue weighted by Crippen LogP contribution is -2.37. The molecule has 1 amide bonds. The molecule has 0 aromatic heterocycles. The highest BCUT2D eigenvalue weighted by Gasteiger charge is 2.50. The van der Waals surface area contributed by atoms with Gasteiger partial charge in [-0.3, -0.25) is 4.79 Å². The van der Waals surface area contributed by atoms with Gasteiger partial charge in [-0.25, -0.2) is 0 Å². The maximum Gasteiger partial charge on any atom is 0.256 e. The third kappa shape index (κ3) is 3.62. The topological polar surface area (TPSA) is 56.3 Å². The van der Waals surface area contributed by atoms with Crippen LogP contribution in [0.2, 0.25) is 0 Å². The Hall–Kier alpha value is -2.11. The zero-order valence-corrected chi connectivity index (χ0v) is 17.7. The molecule has 2 aliphatic rings. The highest BCUT2D eigenvalue weighted by atomic mass is 16.6. The summed E-state index contributed by atoms with van der Waals surface area (Å²) in [5.74, 6) is 0.592. The first-order chi connectivity index (χ1) is 14.1. The summed E-state index contributed by atoms with van der Waals surface area (Å²) in [4.78, 5) is 17.6. The molecule has 3 unspecified atom stereocenters. The van der Waals surface area contributed by atoms with Gasteiger partial charge >= 0.3 is 0 Å². The minimum atomic E-state index is -0.144. The summed E-state index contributed by atoms with van der Waals surface area (Å²) in [5, 5.41) is 11.4. The highest BCUT2D eigenvalue weighted by Crippen LogP contribution is 2.49. The largest absolute Gasteiger partial charge is 0.395 e. The molecule has 5 nitrogen and oxygen atoms in total. The molecular weight excluding hydrogens is 364 g/mol. The molecule has 1 fully saturated rings. The van der Waals surface area contributed by atoms with E-state index >= 15 is 0 Å². The Balaban J connectivity index is 1.74. The van der Waals surface area contributed by atoms with Crippen LogP contribution in [0.15, 0.2) is 30.3 Å². The van der Waals surface area contributed by atoms with E-state index in [-0.39, 0.29) is 24.8 Å². The SMILES string of the molecule is CCCCC(CC)CN1C(=O)c2cccc3c(N(C)CCO)ccc(c23)C2OC21. The number of benzene rings is 2. The number of carbonyl (C=O) groups is 1. The number of amides is 1. The number of carbonyl (C=O) groups excluding carboxylic acids is 1. The molecule has 5 heteroatoms. The van der Waals surface area contributed by atoms with E-state index in [4.69, 9.17) is 4.74 Å². The van der Waals surface area contributed by atoms with Crippen molar-refractivity contribution in [2.45, 2.75) is 51.9 Å². The van der Waals surface area contributed by atoms with Crippen LogP contribution >= 0.6 is 0 Å². The van der Waals surface area contributed by atoms with Crippen molar-refractivity contribution in [1.82, 2.24) is 4.90 Å². The van der Waals surface area contributed by atoms with Crippen LogP contribution in [0, 0.1) is 5.92 Å². The molecule has 0 saturated carbocycles. The molecule has 4 rings (SSSR count). The Bertz CT molecular complexity index is 897. The van der Waals surface area contributed by atoms with Gasteiger partial charge in [-0.2, -0.15) is 0 Å². The number of fused-ring (bicyclic) bond motifs is 2. The summed E-state index contributed by atoms with van der Waals surface area (Å²) < 4.78 is 6.04. The van der Waals surface area contributed by atoms with E-state index in [9.17, 15) is 9.90 Å². The van der Waals surface area contributed by atoms with Crippen LogP contribution in [0.5, 0.6) is 0 Å². The molecule has 0 bridgehead atoms. The van der Waals surface area contributed by atoms with E-state index in [0.717, 1.165) is 47.0 Å². The molecule has 0 radical (unpaired) electrons. The maximum atomic E-state index is 13.6. The lowest BCUT2D eigenvalue weighted by atomic mass is 9.96. The van der Waals surface area contributed by atoms with Crippen molar-refractivity contribution in [2.75, 3.05) is 31.6 Å². The predicted molar refractivity (Wildman–Crippen MR) is 116 cm³/mol. The fourth-order valence-electron chi connectivity index (χ4n) is 4.66. The summed E-state index contributed by atoms with van der Waals surface area (Å²) in [6, 6.07) is 10.2. The number of likely N-dealkylation sites (N-methyl/N-ethyl adjacent to an activating group) is 1.